The molecule has 102 valence electrons. The van der Waals surface area contributed by atoms with Gasteiger partial charge in [0.05, 0.1) is 0 Å². The number of carbonyl (C=O) groups is 2. The first-order chi connectivity index (χ1) is 8.39. The summed E-state index contributed by atoms with van der Waals surface area (Å²) >= 11 is 0. The molecule has 1 aliphatic carbocycles. The van der Waals surface area contributed by atoms with Gasteiger partial charge in [-0.3, -0.25) is 0 Å². The third-order valence-corrected chi connectivity index (χ3v) is 4.09. The van der Waals surface area contributed by atoms with E-state index in [4.69, 9.17) is 5.11 Å². The number of hydrogen-bond acceptors (Lipinski definition) is 2. The van der Waals surface area contributed by atoms with Crippen LogP contribution < -0.4 is 5.32 Å². The Morgan fingerprint density at radius 1 is 1.33 bits per heavy atom. The minimum absolute atomic E-state index is 0.197. The largest absolute Gasteiger partial charge is 0.480 e. The Morgan fingerprint density at radius 2 is 2.06 bits per heavy atom. The third kappa shape index (κ3) is 2.76. The van der Waals surface area contributed by atoms with Gasteiger partial charge in [-0.2, -0.15) is 0 Å². The van der Waals surface area contributed by atoms with Gasteiger partial charge in [0, 0.05) is 12.6 Å². The normalized spacial score (nSPS) is 30.4. The number of likely N-dealkylation sites (tertiary alicyclic amines) is 1. The van der Waals surface area contributed by atoms with E-state index in [1.807, 2.05) is 0 Å². The van der Waals surface area contributed by atoms with Crippen LogP contribution in [0.1, 0.15) is 46.0 Å². The molecule has 2 rings (SSSR count). The zero-order chi connectivity index (χ0) is 13.3. The van der Waals surface area contributed by atoms with Crippen molar-refractivity contribution in [2.75, 3.05) is 6.54 Å². The molecule has 0 aromatic heterocycles. The van der Waals surface area contributed by atoms with Crippen LogP contribution in [0, 0.1) is 5.41 Å². The molecule has 0 bridgehead atoms. The van der Waals surface area contributed by atoms with Gasteiger partial charge < -0.3 is 15.3 Å². The van der Waals surface area contributed by atoms with E-state index in [1.165, 1.54) is 4.90 Å². The fraction of sp³-hybridized carbons (Fsp3) is 0.846. The lowest BCUT2D eigenvalue weighted by Crippen LogP contribution is -2.48. The van der Waals surface area contributed by atoms with Crippen molar-refractivity contribution in [1.82, 2.24) is 10.2 Å². The standard InChI is InChI=1S/C13H22N2O3/c1-13(2)6-5-9(8-13)14-12(18)15-7-3-4-10(15)11(16)17/h9-10H,3-8H2,1-2H3,(H,14,18)(H,16,17)/t9?,10-/m1/s1. The summed E-state index contributed by atoms with van der Waals surface area (Å²) in [6, 6.07) is -0.649. The minimum Gasteiger partial charge on any atom is -0.480 e. The number of hydrogen-bond donors (Lipinski definition) is 2. The Kier molecular flexibility index (Phi) is 3.50. The summed E-state index contributed by atoms with van der Waals surface area (Å²) in [4.78, 5) is 24.6. The Morgan fingerprint density at radius 3 is 2.61 bits per heavy atom. The number of carboxylic acid groups (broad SMARTS) is 1. The van der Waals surface area contributed by atoms with Gasteiger partial charge in [-0.15, -0.1) is 0 Å². The summed E-state index contributed by atoms with van der Waals surface area (Å²) in [5, 5.41) is 12.0. The van der Waals surface area contributed by atoms with E-state index in [9.17, 15) is 9.59 Å². The van der Waals surface area contributed by atoms with E-state index in [-0.39, 0.29) is 17.5 Å². The number of carboxylic acids is 1. The molecule has 2 amide bonds. The molecule has 1 aliphatic heterocycles. The van der Waals surface area contributed by atoms with Gasteiger partial charge in [0.15, 0.2) is 0 Å². The van der Waals surface area contributed by atoms with Gasteiger partial charge in [0.1, 0.15) is 6.04 Å². The number of rotatable bonds is 2. The lowest BCUT2D eigenvalue weighted by molar-refractivity contribution is -0.141. The van der Waals surface area contributed by atoms with E-state index in [2.05, 4.69) is 19.2 Å². The Balaban J connectivity index is 1.90. The summed E-state index contributed by atoms with van der Waals surface area (Å²) in [7, 11) is 0. The molecule has 2 N–H and O–H groups in total. The number of nitrogens with one attached hydrogen (secondary N) is 1. The average molecular weight is 254 g/mol. The fourth-order valence-electron chi connectivity index (χ4n) is 3.08. The number of carbonyl (C=O) groups excluding carboxylic acids is 1. The van der Waals surface area contributed by atoms with Gasteiger partial charge in [0.2, 0.25) is 0 Å². The zero-order valence-electron chi connectivity index (χ0n) is 11.1. The highest BCUT2D eigenvalue weighted by atomic mass is 16.4. The first-order valence-electron chi connectivity index (χ1n) is 6.69. The molecular weight excluding hydrogens is 232 g/mol. The minimum atomic E-state index is -0.894. The summed E-state index contributed by atoms with van der Waals surface area (Å²) in [6.07, 6.45) is 4.43. The lowest BCUT2D eigenvalue weighted by Gasteiger charge is -2.25. The molecule has 1 heterocycles. The molecule has 0 aromatic carbocycles. The van der Waals surface area contributed by atoms with Crippen molar-refractivity contribution < 1.29 is 14.7 Å². The highest BCUT2D eigenvalue weighted by molar-refractivity contribution is 5.83. The predicted molar refractivity (Wildman–Crippen MR) is 67.3 cm³/mol. The summed E-state index contributed by atoms with van der Waals surface area (Å²) in [5.41, 5.74) is 0.287. The van der Waals surface area contributed by atoms with E-state index in [0.29, 0.717) is 13.0 Å². The molecule has 18 heavy (non-hydrogen) atoms. The Labute approximate surface area is 108 Å². The lowest BCUT2D eigenvalue weighted by atomic mass is 9.92. The van der Waals surface area contributed by atoms with Crippen LogP contribution in [-0.4, -0.2) is 40.6 Å². The second-order valence-electron chi connectivity index (χ2n) is 6.24. The van der Waals surface area contributed by atoms with Gasteiger partial charge in [0.25, 0.3) is 0 Å². The summed E-state index contributed by atoms with van der Waals surface area (Å²) in [5.74, 6) is -0.894. The molecule has 0 radical (unpaired) electrons. The molecule has 1 unspecified atom stereocenters. The van der Waals surface area contributed by atoms with E-state index < -0.39 is 12.0 Å². The molecule has 0 aromatic rings. The zero-order valence-corrected chi connectivity index (χ0v) is 11.1. The van der Waals surface area contributed by atoms with Gasteiger partial charge in [-0.25, -0.2) is 9.59 Å². The maximum absolute atomic E-state index is 12.1. The van der Waals surface area contributed by atoms with Gasteiger partial charge in [-0.05, 0) is 37.5 Å². The summed E-state index contributed by atoms with van der Waals surface area (Å²) < 4.78 is 0. The SMILES string of the molecule is CC1(C)CCC(NC(=O)N2CCC[C@@H]2C(=O)O)C1. The van der Waals surface area contributed by atoms with Crippen molar-refractivity contribution in [1.29, 1.82) is 0 Å². The number of urea groups is 1. The van der Waals surface area contributed by atoms with Crippen molar-refractivity contribution in [3.63, 3.8) is 0 Å². The quantitative estimate of drug-likeness (QED) is 0.789. The molecule has 1 saturated carbocycles. The second kappa shape index (κ2) is 4.78. The van der Waals surface area contributed by atoms with E-state index >= 15 is 0 Å². The molecule has 0 spiro atoms. The number of aliphatic carboxylic acids is 1. The number of amides is 2. The first kappa shape index (κ1) is 13.2. The Bertz CT molecular complexity index is 354. The van der Waals surface area contributed by atoms with E-state index in [1.54, 1.807) is 0 Å². The molecule has 2 fully saturated rings. The highest BCUT2D eigenvalue weighted by Gasteiger charge is 2.37. The maximum Gasteiger partial charge on any atom is 0.326 e. The highest BCUT2D eigenvalue weighted by Crippen LogP contribution is 2.37. The topological polar surface area (TPSA) is 69.6 Å². The van der Waals surface area contributed by atoms with Crippen LogP contribution in [0.15, 0.2) is 0 Å². The van der Waals surface area contributed by atoms with Crippen LogP contribution in [0.4, 0.5) is 4.79 Å². The number of nitrogens with zero attached hydrogens (tertiary/aromatic N) is 1. The third-order valence-electron chi connectivity index (χ3n) is 4.09. The average Bonchev–Trinajstić information content (AvgIpc) is 2.84. The van der Waals surface area contributed by atoms with Crippen LogP contribution in [-0.2, 0) is 4.79 Å². The van der Waals surface area contributed by atoms with Gasteiger partial charge in [-0.1, -0.05) is 13.8 Å². The van der Waals surface area contributed by atoms with Crippen molar-refractivity contribution >= 4 is 12.0 Å². The van der Waals surface area contributed by atoms with Crippen LogP contribution in [0.25, 0.3) is 0 Å². The molecule has 2 atom stereocenters. The first-order valence-corrected chi connectivity index (χ1v) is 6.69. The van der Waals surface area contributed by atoms with Crippen LogP contribution in [0.3, 0.4) is 0 Å². The van der Waals surface area contributed by atoms with Crippen molar-refractivity contribution in [2.24, 2.45) is 5.41 Å². The predicted octanol–water partition coefficient (Wildman–Crippen LogP) is 1.82. The molecular formula is C13H22N2O3. The molecule has 5 nitrogen and oxygen atoms in total. The maximum atomic E-state index is 12.1. The van der Waals surface area contributed by atoms with Crippen molar-refractivity contribution in [3.05, 3.63) is 0 Å². The van der Waals surface area contributed by atoms with Crippen molar-refractivity contribution in [3.8, 4) is 0 Å². The Hall–Kier alpha value is -1.26. The van der Waals surface area contributed by atoms with Crippen molar-refractivity contribution in [2.45, 2.75) is 58.0 Å². The fourth-order valence-corrected chi connectivity index (χ4v) is 3.08. The van der Waals surface area contributed by atoms with E-state index in [0.717, 1.165) is 25.7 Å². The van der Waals surface area contributed by atoms with Crippen LogP contribution in [0.5, 0.6) is 0 Å². The van der Waals surface area contributed by atoms with Crippen LogP contribution >= 0.6 is 0 Å². The molecule has 2 aliphatic rings. The summed E-state index contributed by atoms with van der Waals surface area (Å²) in [6.45, 7) is 4.96. The smallest absolute Gasteiger partial charge is 0.326 e. The van der Waals surface area contributed by atoms with Crippen LogP contribution in [0.2, 0.25) is 0 Å². The second-order valence-corrected chi connectivity index (χ2v) is 6.24. The molecule has 5 heteroatoms. The molecule has 1 saturated heterocycles. The monoisotopic (exact) mass is 254 g/mol. The van der Waals surface area contributed by atoms with Gasteiger partial charge >= 0.3 is 12.0 Å².